The lowest BCUT2D eigenvalue weighted by atomic mass is 9.93. The van der Waals surface area contributed by atoms with E-state index in [1.54, 1.807) is 0 Å². The molecule has 2 nitrogen and oxygen atoms in total. The molecule has 1 heterocycles. The van der Waals surface area contributed by atoms with E-state index in [0.29, 0.717) is 18.1 Å². The zero-order valence-electron chi connectivity index (χ0n) is 14.2. The summed E-state index contributed by atoms with van der Waals surface area (Å²) in [5, 5.41) is 3.71. The van der Waals surface area contributed by atoms with Crippen LogP contribution in [0.3, 0.4) is 0 Å². The molecule has 0 spiro atoms. The Bertz CT molecular complexity index is 412. The largest absolute Gasteiger partial charge is 0.309 e. The number of likely N-dealkylation sites (N-methyl/N-ethyl adjacent to an activating group) is 1. The molecule has 1 fully saturated rings. The number of likely N-dealkylation sites (tertiary alicyclic amines) is 1. The van der Waals surface area contributed by atoms with Crippen LogP contribution < -0.4 is 5.32 Å². The summed E-state index contributed by atoms with van der Waals surface area (Å²) in [6.45, 7) is 11.5. The van der Waals surface area contributed by atoms with E-state index in [2.05, 4.69) is 62.2 Å². The van der Waals surface area contributed by atoms with Crippen molar-refractivity contribution in [3.05, 3.63) is 35.4 Å². The minimum atomic E-state index is 0.432. The molecule has 1 N–H and O–H groups in total. The molecule has 118 valence electrons. The molecule has 0 aromatic heterocycles. The summed E-state index contributed by atoms with van der Waals surface area (Å²) in [7, 11) is 0. The lowest BCUT2D eigenvalue weighted by Gasteiger charge is -2.42. The molecule has 3 atom stereocenters. The van der Waals surface area contributed by atoms with Gasteiger partial charge in [0, 0.05) is 18.1 Å². The molecular formula is C19H32N2. The van der Waals surface area contributed by atoms with Gasteiger partial charge < -0.3 is 5.32 Å². The molecule has 21 heavy (non-hydrogen) atoms. The highest BCUT2D eigenvalue weighted by molar-refractivity contribution is 5.26. The summed E-state index contributed by atoms with van der Waals surface area (Å²) < 4.78 is 0. The van der Waals surface area contributed by atoms with Crippen molar-refractivity contribution >= 4 is 0 Å². The first-order valence-corrected chi connectivity index (χ1v) is 8.75. The Balaban J connectivity index is 2.15. The number of piperidine rings is 1. The summed E-state index contributed by atoms with van der Waals surface area (Å²) in [5.41, 5.74) is 2.85. The molecule has 3 unspecified atom stereocenters. The smallest absolute Gasteiger partial charge is 0.0475 e. The molecule has 1 saturated heterocycles. The van der Waals surface area contributed by atoms with Gasteiger partial charge in [0.05, 0.1) is 0 Å². The van der Waals surface area contributed by atoms with E-state index in [4.69, 9.17) is 0 Å². The maximum absolute atomic E-state index is 3.71. The Morgan fingerprint density at radius 2 is 1.90 bits per heavy atom. The van der Waals surface area contributed by atoms with Crippen molar-refractivity contribution in [2.75, 3.05) is 13.1 Å². The van der Waals surface area contributed by atoms with Crippen molar-refractivity contribution in [1.29, 1.82) is 0 Å². The monoisotopic (exact) mass is 288 g/mol. The van der Waals surface area contributed by atoms with Gasteiger partial charge >= 0.3 is 0 Å². The maximum Gasteiger partial charge on any atom is 0.0475 e. The van der Waals surface area contributed by atoms with E-state index < -0.39 is 0 Å². The lowest BCUT2D eigenvalue weighted by Crippen LogP contribution is -2.49. The van der Waals surface area contributed by atoms with Gasteiger partial charge in [0.25, 0.3) is 0 Å². The Hall–Kier alpha value is -0.860. The molecule has 2 heteroatoms. The molecule has 1 aliphatic rings. The van der Waals surface area contributed by atoms with Crippen molar-refractivity contribution in [1.82, 2.24) is 10.2 Å². The molecular weight excluding hydrogens is 256 g/mol. The Kier molecular flexibility index (Phi) is 6.25. The Morgan fingerprint density at radius 3 is 2.48 bits per heavy atom. The zero-order valence-corrected chi connectivity index (χ0v) is 14.2. The van der Waals surface area contributed by atoms with Crippen molar-refractivity contribution in [3.8, 4) is 0 Å². The molecule has 0 aliphatic carbocycles. The molecule has 1 aromatic carbocycles. The maximum atomic E-state index is 3.71. The summed E-state index contributed by atoms with van der Waals surface area (Å²) in [6, 6.07) is 10.9. The van der Waals surface area contributed by atoms with Crippen LogP contribution in [0.25, 0.3) is 0 Å². The van der Waals surface area contributed by atoms with Crippen LogP contribution in [-0.4, -0.2) is 30.1 Å². The topological polar surface area (TPSA) is 15.3 Å². The molecule has 0 amide bonds. The van der Waals surface area contributed by atoms with Gasteiger partial charge in [0.1, 0.15) is 0 Å². The number of hydrogen-bond acceptors (Lipinski definition) is 2. The van der Waals surface area contributed by atoms with E-state index in [-0.39, 0.29) is 0 Å². The quantitative estimate of drug-likeness (QED) is 0.845. The fourth-order valence-corrected chi connectivity index (χ4v) is 3.66. The molecule has 2 rings (SSSR count). The van der Waals surface area contributed by atoms with Crippen LogP contribution in [0.15, 0.2) is 24.3 Å². The average Bonchev–Trinajstić information content (AvgIpc) is 2.52. The summed E-state index contributed by atoms with van der Waals surface area (Å²) in [4.78, 5) is 2.70. The van der Waals surface area contributed by atoms with Crippen LogP contribution in [0.2, 0.25) is 0 Å². The third kappa shape index (κ3) is 4.08. The van der Waals surface area contributed by atoms with Gasteiger partial charge in [-0.1, -0.05) is 44.5 Å². The Morgan fingerprint density at radius 1 is 1.19 bits per heavy atom. The fraction of sp³-hybridized carbons (Fsp3) is 0.684. The number of nitrogens with zero attached hydrogens (tertiary/aromatic N) is 1. The molecule has 1 aromatic rings. The summed E-state index contributed by atoms with van der Waals surface area (Å²) in [5.74, 6) is 0. The minimum absolute atomic E-state index is 0.432. The number of nitrogens with one attached hydrogen (secondary N) is 1. The van der Waals surface area contributed by atoms with E-state index in [1.807, 2.05) is 0 Å². The van der Waals surface area contributed by atoms with Crippen LogP contribution in [0, 0.1) is 0 Å². The van der Waals surface area contributed by atoms with Gasteiger partial charge in [-0.25, -0.2) is 0 Å². The summed E-state index contributed by atoms with van der Waals surface area (Å²) in [6.07, 6.45) is 5.20. The van der Waals surface area contributed by atoms with E-state index in [1.165, 1.54) is 36.9 Å². The van der Waals surface area contributed by atoms with Crippen molar-refractivity contribution < 1.29 is 0 Å². The van der Waals surface area contributed by atoms with Gasteiger partial charge in [0.2, 0.25) is 0 Å². The molecule has 0 saturated carbocycles. The lowest BCUT2D eigenvalue weighted by molar-refractivity contribution is 0.0908. The molecule has 1 aliphatic heterocycles. The minimum Gasteiger partial charge on any atom is -0.309 e. The average molecular weight is 288 g/mol. The van der Waals surface area contributed by atoms with Gasteiger partial charge in [-0.05, 0) is 57.3 Å². The van der Waals surface area contributed by atoms with Gasteiger partial charge in [-0.3, -0.25) is 4.90 Å². The van der Waals surface area contributed by atoms with Crippen LogP contribution in [0.1, 0.15) is 64.1 Å². The predicted molar refractivity (Wildman–Crippen MR) is 91.7 cm³/mol. The third-order valence-electron chi connectivity index (χ3n) is 5.03. The van der Waals surface area contributed by atoms with Crippen molar-refractivity contribution in [3.63, 3.8) is 0 Å². The number of hydrogen-bond donors (Lipinski definition) is 1. The molecule has 0 radical (unpaired) electrons. The van der Waals surface area contributed by atoms with Gasteiger partial charge in [0.15, 0.2) is 0 Å². The second-order valence-corrected chi connectivity index (χ2v) is 6.45. The van der Waals surface area contributed by atoms with E-state index >= 15 is 0 Å². The fourth-order valence-electron chi connectivity index (χ4n) is 3.66. The number of aryl methyl sites for hydroxylation is 1. The second kappa shape index (κ2) is 7.95. The predicted octanol–water partition coefficient (Wildman–Crippen LogP) is 4.16. The normalized spacial score (nSPS) is 23.0. The van der Waals surface area contributed by atoms with Crippen LogP contribution in [0.4, 0.5) is 0 Å². The van der Waals surface area contributed by atoms with Gasteiger partial charge in [-0.15, -0.1) is 0 Å². The summed E-state index contributed by atoms with van der Waals surface area (Å²) >= 11 is 0. The van der Waals surface area contributed by atoms with E-state index in [0.717, 1.165) is 13.0 Å². The van der Waals surface area contributed by atoms with Gasteiger partial charge in [-0.2, -0.15) is 0 Å². The third-order valence-corrected chi connectivity index (χ3v) is 5.03. The van der Waals surface area contributed by atoms with Crippen LogP contribution >= 0.6 is 0 Å². The highest BCUT2D eigenvalue weighted by atomic mass is 15.2. The second-order valence-electron chi connectivity index (χ2n) is 6.45. The first-order chi connectivity index (χ1) is 10.2. The van der Waals surface area contributed by atoms with Crippen molar-refractivity contribution in [2.24, 2.45) is 0 Å². The standard InChI is InChI=1S/C19H32N2/c1-5-17-10-12-18(13-11-17)19(20-6-2)16(4)21-14-8-7-9-15(21)3/h10-13,15-16,19-20H,5-9,14H2,1-4H3. The molecule has 0 bridgehead atoms. The number of rotatable bonds is 6. The van der Waals surface area contributed by atoms with Crippen molar-refractivity contribution in [2.45, 2.75) is 71.5 Å². The highest BCUT2D eigenvalue weighted by Gasteiger charge is 2.29. The zero-order chi connectivity index (χ0) is 15.2. The van der Waals surface area contributed by atoms with E-state index in [9.17, 15) is 0 Å². The van der Waals surface area contributed by atoms with Crippen LogP contribution in [-0.2, 0) is 6.42 Å². The first kappa shape index (κ1) is 16.5. The highest BCUT2D eigenvalue weighted by Crippen LogP contribution is 2.27. The number of benzene rings is 1. The van der Waals surface area contributed by atoms with Crippen LogP contribution in [0.5, 0.6) is 0 Å². The first-order valence-electron chi connectivity index (χ1n) is 8.75. The SMILES string of the molecule is CCNC(c1ccc(CC)cc1)C(C)N1CCCCC1C. The Labute approximate surface area is 130 Å².